The van der Waals surface area contributed by atoms with Gasteiger partial charge in [0.05, 0.1) is 20.8 Å². The van der Waals surface area contributed by atoms with Crippen LogP contribution in [0.25, 0.3) is 0 Å². The number of hydrogen-bond acceptors (Lipinski definition) is 4. The van der Waals surface area contributed by atoms with Gasteiger partial charge in [0.15, 0.2) is 11.5 Å². The minimum Gasteiger partial charge on any atom is -0.493 e. The first kappa shape index (κ1) is 16.5. The zero-order valence-corrected chi connectivity index (χ0v) is 13.7. The summed E-state index contributed by atoms with van der Waals surface area (Å²) in [6.45, 7) is 5.75. The van der Waals surface area contributed by atoms with Gasteiger partial charge in [-0.3, -0.25) is 4.90 Å². The summed E-state index contributed by atoms with van der Waals surface area (Å²) < 4.78 is 16.3. The van der Waals surface area contributed by atoms with Crippen molar-refractivity contribution in [2.24, 2.45) is 5.92 Å². The fraction of sp³-hybridized carbons (Fsp3) is 0.556. The molecule has 4 heteroatoms. The molecule has 1 atom stereocenters. The molecule has 0 radical (unpaired) electrons. The molecule has 0 amide bonds. The highest BCUT2D eigenvalue weighted by Crippen LogP contribution is 2.36. The molecule has 1 aliphatic rings. The predicted octanol–water partition coefficient (Wildman–Crippen LogP) is 2.82. The molecular weight excluding hydrogens is 278 g/mol. The molecule has 1 aliphatic heterocycles. The molecule has 1 heterocycles. The summed E-state index contributed by atoms with van der Waals surface area (Å²) in [6, 6.07) is 5.56. The van der Waals surface area contributed by atoms with Crippen LogP contribution in [0.4, 0.5) is 0 Å². The Morgan fingerprint density at radius 1 is 1.18 bits per heavy atom. The Morgan fingerprint density at radius 2 is 1.91 bits per heavy atom. The van der Waals surface area contributed by atoms with Crippen LogP contribution < -0.4 is 14.2 Å². The molecule has 0 N–H and O–H groups in total. The van der Waals surface area contributed by atoms with E-state index < -0.39 is 0 Å². The minimum absolute atomic E-state index is 0.333. The molecule has 0 aliphatic carbocycles. The van der Waals surface area contributed by atoms with E-state index in [0.29, 0.717) is 23.9 Å². The van der Waals surface area contributed by atoms with Gasteiger partial charge >= 0.3 is 0 Å². The van der Waals surface area contributed by atoms with E-state index in [2.05, 4.69) is 23.7 Å². The van der Waals surface area contributed by atoms with Gasteiger partial charge in [-0.2, -0.15) is 0 Å². The lowest BCUT2D eigenvalue weighted by Gasteiger charge is -2.28. The largest absolute Gasteiger partial charge is 0.493 e. The summed E-state index contributed by atoms with van der Waals surface area (Å²) in [5.41, 5.74) is 0. The first-order valence-corrected chi connectivity index (χ1v) is 7.76. The second-order valence-electron chi connectivity index (χ2n) is 5.62. The third-order valence-electron chi connectivity index (χ3n) is 3.84. The summed E-state index contributed by atoms with van der Waals surface area (Å²) in [5, 5.41) is 0. The number of hydrogen-bond donors (Lipinski definition) is 0. The van der Waals surface area contributed by atoms with Crippen molar-refractivity contribution in [1.29, 1.82) is 0 Å². The van der Waals surface area contributed by atoms with E-state index in [9.17, 15) is 0 Å². The van der Waals surface area contributed by atoms with Crippen LogP contribution in [-0.2, 0) is 0 Å². The van der Waals surface area contributed by atoms with E-state index in [1.807, 2.05) is 18.2 Å². The van der Waals surface area contributed by atoms with Gasteiger partial charge in [0.25, 0.3) is 0 Å². The van der Waals surface area contributed by atoms with Crippen molar-refractivity contribution in [2.75, 3.05) is 40.5 Å². The number of nitrogens with zero attached hydrogens (tertiary/aromatic N) is 1. The third-order valence-corrected chi connectivity index (χ3v) is 3.84. The molecule has 1 aromatic carbocycles. The number of benzene rings is 1. The average Bonchev–Trinajstić information content (AvgIpc) is 2.54. The van der Waals surface area contributed by atoms with Crippen molar-refractivity contribution in [2.45, 2.75) is 19.8 Å². The molecule has 0 spiro atoms. The fourth-order valence-corrected chi connectivity index (χ4v) is 2.72. The predicted molar refractivity (Wildman–Crippen MR) is 87.7 cm³/mol. The molecule has 1 aromatic rings. The molecule has 0 saturated carbocycles. The van der Waals surface area contributed by atoms with E-state index in [-0.39, 0.29) is 0 Å². The molecule has 120 valence electrons. The highest BCUT2D eigenvalue weighted by molar-refractivity contribution is 5.51. The molecule has 0 unspecified atom stereocenters. The average molecular weight is 303 g/mol. The van der Waals surface area contributed by atoms with E-state index in [1.165, 1.54) is 12.8 Å². The Labute approximate surface area is 133 Å². The molecule has 4 nitrogen and oxygen atoms in total. The van der Waals surface area contributed by atoms with Gasteiger partial charge in [0.2, 0.25) is 5.75 Å². The zero-order chi connectivity index (χ0) is 15.8. The lowest BCUT2D eigenvalue weighted by Crippen LogP contribution is -2.34. The van der Waals surface area contributed by atoms with Crippen molar-refractivity contribution in [3.63, 3.8) is 0 Å². The third kappa shape index (κ3) is 4.57. The van der Waals surface area contributed by atoms with E-state index in [1.54, 1.807) is 14.2 Å². The smallest absolute Gasteiger partial charge is 0.204 e. The van der Waals surface area contributed by atoms with Crippen LogP contribution in [0.15, 0.2) is 18.2 Å². The Balaban J connectivity index is 1.85. The van der Waals surface area contributed by atoms with Crippen LogP contribution in [0.3, 0.4) is 0 Å². The van der Waals surface area contributed by atoms with Crippen molar-refractivity contribution in [3.8, 4) is 29.1 Å². The van der Waals surface area contributed by atoms with Gasteiger partial charge in [0.1, 0.15) is 6.61 Å². The maximum absolute atomic E-state index is 5.72. The van der Waals surface area contributed by atoms with Crippen molar-refractivity contribution in [3.05, 3.63) is 18.2 Å². The van der Waals surface area contributed by atoms with Gasteiger partial charge in [-0.1, -0.05) is 24.8 Å². The quantitative estimate of drug-likeness (QED) is 0.783. The van der Waals surface area contributed by atoms with Crippen molar-refractivity contribution < 1.29 is 14.2 Å². The lowest BCUT2D eigenvalue weighted by molar-refractivity contribution is 0.204. The van der Waals surface area contributed by atoms with E-state index >= 15 is 0 Å². The summed E-state index contributed by atoms with van der Waals surface area (Å²) >= 11 is 0. The van der Waals surface area contributed by atoms with Gasteiger partial charge in [0, 0.05) is 6.54 Å². The number of methoxy groups -OCH3 is 2. The van der Waals surface area contributed by atoms with Crippen molar-refractivity contribution >= 4 is 0 Å². The molecule has 1 saturated heterocycles. The first-order valence-electron chi connectivity index (χ1n) is 7.76. The zero-order valence-electron chi connectivity index (χ0n) is 13.7. The number of para-hydroxylation sites is 1. The molecule has 22 heavy (non-hydrogen) atoms. The van der Waals surface area contributed by atoms with Crippen LogP contribution in [0, 0.1) is 17.8 Å². The maximum atomic E-state index is 5.72. The second kappa shape index (κ2) is 8.55. The van der Waals surface area contributed by atoms with Crippen LogP contribution in [0.1, 0.15) is 19.8 Å². The Bertz CT molecular complexity index is 511. The fourth-order valence-electron chi connectivity index (χ4n) is 2.72. The number of rotatable bonds is 5. The van der Waals surface area contributed by atoms with Gasteiger partial charge in [-0.25, -0.2) is 0 Å². The highest BCUT2D eigenvalue weighted by Gasteiger charge is 2.14. The van der Waals surface area contributed by atoms with Crippen LogP contribution in [-0.4, -0.2) is 45.4 Å². The lowest BCUT2D eigenvalue weighted by atomic mass is 10.0. The van der Waals surface area contributed by atoms with Gasteiger partial charge in [-0.05, 0) is 37.4 Å². The van der Waals surface area contributed by atoms with Gasteiger partial charge in [-0.15, -0.1) is 0 Å². The summed E-state index contributed by atoms with van der Waals surface area (Å²) in [6.07, 6.45) is 2.61. The highest BCUT2D eigenvalue weighted by atomic mass is 16.5. The minimum atomic E-state index is 0.333. The van der Waals surface area contributed by atoms with Crippen LogP contribution in [0.5, 0.6) is 17.2 Å². The SMILES string of the molecule is COc1cccc(OC)c1OCC#CCN1CCC[C@@H](C)C1. The second-order valence-corrected chi connectivity index (χ2v) is 5.62. The summed E-state index contributed by atoms with van der Waals surface area (Å²) in [7, 11) is 3.23. The summed E-state index contributed by atoms with van der Waals surface area (Å²) in [5.74, 6) is 8.97. The Hall–Kier alpha value is -1.86. The first-order chi connectivity index (χ1) is 10.7. The Kier molecular flexibility index (Phi) is 6.42. The van der Waals surface area contributed by atoms with E-state index in [4.69, 9.17) is 14.2 Å². The monoisotopic (exact) mass is 303 g/mol. The van der Waals surface area contributed by atoms with E-state index in [0.717, 1.165) is 25.6 Å². The molecule has 1 fully saturated rings. The molecule has 0 bridgehead atoms. The van der Waals surface area contributed by atoms with Crippen LogP contribution in [0.2, 0.25) is 0 Å². The van der Waals surface area contributed by atoms with Crippen molar-refractivity contribution in [1.82, 2.24) is 4.90 Å². The van der Waals surface area contributed by atoms with Crippen LogP contribution >= 0.6 is 0 Å². The molecular formula is C18H25NO3. The molecule has 2 rings (SSSR count). The number of ether oxygens (including phenoxy) is 3. The standard InChI is InChI=1S/C18H25NO3/c1-15-8-7-12-19(14-15)11-4-5-13-22-18-16(20-2)9-6-10-17(18)21-3/h6,9-10,15H,7-8,11-14H2,1-3H3/t15-/m1/s1. The topological polar surface area (TPSA) is 30.9 Å². The maximum Gasteiger partial charge on any atom is 0.204 e. The van der Waals surface area contributed by atoms with Gasteiger partial charge < -0.3 is 14.2 Å². The summed E-state index contributed by atoms with van der Waals surface area (Å²) in [4.78, 5) is 2.41. The molecule has 0 aromatic heterocycles. The normalized spacial score (nSPS) is 18.2. The number of likely N-dealkylation sites (tertiary alicyclic amines) is 1. The number of piperidine rings is 1. The Morgan fingerprint density at radius 3 is 2.55 bits per heavy atom.